The average Bonchev–Trinajstić information content (AvgIpc) is 3.04. The van der Waals surface area contributed by atoms with Gasteiger partial charge in [0.1, 0.15) is 5.82 Å². The first kappa shape index (κ1) is 24.4. The van der Waals surface area contributed by atoms with Gasteiger partial charge < -0.3 is 15.4 Å². The lowest BCUT2D eigenvalue weighted by molar-refractivity contribution is -0.140. The van der Waals surface area contributed by atoms with Crippen LogP contribution >= 0.6 is 0 Å². The van der Waals surface area contributed by atoms with Crippen molar-refractivity contribution in [2.75, 3.05) is 37.4 Å². The predicted octanol–water partition coefficient (Wildman–Crippen LogP) is 0.240. The second-order valence-electron chi connectivity index (χ2n) is 8.27. The van der Waals surface area contributed by atoms with E-state index in [0.29, 0.717) is 25.8 Å². The van der Waals surface area contributed by atoms with Crippen LogP contribution in [0.4, 0.5) is 11.5 Å². The van der Waals surface area contributed by atoms with Crippen LogP contribution in [0.15, 0.2) is 21.7 Å². The number of allylic oxidation sites excluding steroid dienone is 2. The van der Waals surface area contributed by atoms with Crippen LogP contribution in [-0.2, 0) is 25.7 Å². The fourth-order valence-corrected chi connectivity index (χ4v) is 4.35. The van der Waals surface area contributed by atoms with E-state index in [-0.39, 0.29) is 61.3 Å². The maximum atomic E-state index is 13.2. The molecule has 1 aliphatic heterocycles. The topological polar surface area (TPSA) is 148 Å². The van der Waals surface area contributed by atoms with Crippen LogP contribution in [0, 0.1) is 11.8 Å². The zero-order valence-electron chi connectivity index (χ0n) is 19.0. The molecule has 0 spiro atoms. The molecule has 3 rings (SSSR count). The van der Waals surface area contributed by atoms with E-state index in [0.717, 1.165) is 11.3 Å². The molecule has 2 aliphatic rings. The predicted molar refractivity (Wildman–Crippen MR) is 122 cm³/mol. The summed E-state index contributed by atoms with van der Waals surface area (Å²) in [6, 6.07) is 0. The number of ether oxygens (including phenoxy) is 1. The van der Waals surface area contributed by atoms with Crippen LogP contribution < -0.4 is 21.9 Å². The van der Waals surface area contributed by atoms with Gasteiger partial charge in [-0.25, -0.2) is 4.79 Å². The van der Waals surface area contributed by atoms with Crippen molar-refractivity contribution in [2.45, 2.75) is 45.6 Å². The fourth-order valence-electron chi connectivity index (χ4n) is 4.35. The lowest BCUT2D eigenvalue weighted by Crippen LogP contribution is -2.44. The molecule has 0 aromatic carbocycles. The zero-order valence-corrected chi connectivity index (χ0v) is 19.0. The number of methoxy groups -OCH3 is 1. The summed E-state index contributed by atoms with van der Waals surface area (Å²) in [5.41, 5.74) is 4.61. The zero-order chi connectivity index (χ0) is 24.1. The van der Waals surface area contributed by atoms with Gasteiger partial charge in [-0.05, 0) is 19.3 Å². The number of H-pyrrole nitrogens is 1. The molecule has 0 unspecified atom stereocenters. The first-order valence-corrected chi connectivity index (χ1v) is 11.2. The fraction of sp³-hybridized carbons (Fsp3) is 0.591. The van der Waals surface area contributed by atoms with Crippen molar-refractivity contribution < 1.29 is 19.1 Å². The third-order valence-corrected chi connectivity index (χ3v) is 6.19. The molecule has 1 aromatic heterocycles. The summed E-state index contributed by atoms with van der Waals surface area (Å²) in [6.45, 7) is 2.31. The second-order valence-corrected chi connectivity index (χ2v) is 8.27. The molecule has 1 aromatic rings. The van der Waals surface area contributed by atoms with Crippen LogP contribution in [0.3, 0.4) is 0 Å². The highest BCUT2D eigenvalue weighted by atomic mass is 16.5. The number of nitrogen functional groups attached to an aromatic ring is 1. The third-order valence-electron chi connectivity index (χ3n) is 6.19. The van der Waals surface area contributed by atoms with E-state index in [2.05, 4.69) is 4.98 Å². The monoisotopic (exact) mass is 461 g/mol. The van der Waals surface area contributed by atoms with Crippen LogP contribution in [0.2, 0.25) is 0 Å². The highest BCUT2D eigenvalue weighted by Crippen LogP contribution is 2.35. The number of fused-ring (bicyclic) bond motifs is 1. The number of imide groups is 1. The number of carbonyl (C=O) groups excluding carboxylic acids is 3. The quantitative estimate of drug-likeness (QED) is 0.375. The third kappa shape index (κ3) is 4.92. The Bertz CT molecular complexity index is 1030. The van der Waals surface area contributed by atoms with Crippen molar-refractivity contribution in [3.05, 3.63) is 33.0 Å². The number of anilines is 2. The molecule has 11 nitrogen and oxygen atoms in total. The number of nitrogens with two attached hydrogens (primary N) is 1. The molecule has 3 N–H and O–H groups in total. The van der Waals surface area contributed by atoms with Crippen molar-refractivity contribution in [1.82, 2.24) is 14.5 Å². The normalized spacial score (nSPS) is 19.8. The Morgan fingerprint density at radius 1 is 1.15 bits per heavy atom. The molecular weight excluding hydrogens is 430 g/mol. The lowest BCUT2D eigenvalue weighted by atomic mass is 9.85. The first-order chi connectivity index (χ1) is 15.8. The molecule has 1 aliphatic carbocycles. The maximum absolute atomic E-state index is 13.2. The minimum Gasteiger partial charge on any atom is -0.383 e. The number of unbranched alkanes of at least 4 members (excludes halogenated alkanes) is 1. The Morgan fingerprint density at radius 3 is 2.36 bits per heavy atom. The van der Waals surface area contributed by atoms with Crippen molar-refractivity contribution in [3.8, 4) is 0 Å². The number of rotatable bonds is 10. The van der Waals surface area contributed by atoms with Gasteiger partial charge in [-0.15, -0.1) is 0 Å². The number of hydrogen-bond acceptors (Lipinski definition) is 7. The van der Waals surface area contributed by atoms with Crippen LogP contribution in [-0.4, -0.2) is 59.0 Å². The number of amides is 3. The van der Waals surface area contributed by atoms with Crippen LogP contribution in [0.1, 0.15) is 39.0 Å². The van der Waals surface area contributed by atoms with E-state index in [1.165, 1.54) is 16.6 Å². The number of nitrogens with one attached hydrogen (secondary N) is 1. The summed E-state index contributed by atoms with van der Waals surface area (Å²) in [5, 5.41) is 0. The molecular formula is C22H31N5O6. The maximum Gasteiger partial charge on any atom is 0.330 e. The van der Waals surface area contributed by atoms with E-state index >= 15 is 0 Å². The number of hydrogen-bond donors (Lipinski definition) is 2. The van der Waals surface area contributed by atoms with E-state index in [9.17, 15) is 24.0 Å². The van der Waals surface area contributed by atoms with Gasteiger partial charge in [0.05, 0.1) is 18.4 Å². The van der Waals surface area contributed by atoms with E-state index < -0.39 is 17.2 Å². The largest absolute Gasteiger partial charge is 0.383 e. The molecule has 1 fully saturated rings. The van der Waals surface area contributed by atoms with Crippen molar-refractivity contribution in [1.29, 1.82) is 0 Å². The van der Waals surface area contributed by atoms with Gasteiger partial charge in [-0.3, -0.25) is 33.6 Å². The van der Waals surface area contributed by atoms with Crippen molar-refractivity contribution >= 4 is 29.2 Å². The van der Waals surface area contributed by atoms with Gasteiger partial charge in [-0.1, -0.05) is 25.5 Å². The minimum absolute atomic E-state index is 0.0195. The standard InChI is InChI=1S/C22H31N5O6/c1-3-4-10-26-18(23)17(19(29)24-22(26)32)25(12-13-33-2)16(28)9-11-27-20(30)14-7-5-6-8-15(14)21(27)31/h5-6,14-15H,3-4,7-13,23H2,1-2H3,(H,24,29,32)/t14-,15-/m0/s1. The number of aromatic nitrogens is 2. The molecule has 2 atom stereocenters. The number of aromatic amines is 1. The molecule has 0 radical (unpaired) electrons. The summed E-state index contributed by atoms with van der Waals surface area (Å²) in [4.78, 5) is 67.9. The van der Waals surface area contributed by atoms with Gasteiger partial charge in [0, 0.05) is 33.2 Å². The van der Waals surface area contributed by atoms with E-state index in [1.54, 1.807) is 0 Å². The van der Waals surface area contributed by atoms with Gasteiger partial charge in [0.15, 0.2) is 5.69 Å². The van der Waals surface area contributed by atoms with Crippen molar-refractivity contribution in [2.24, 2.45) is 11.8 Å². The number of nitrogens with zero attached hydrogens (tertiary/aromatic N) is 3. The molecule has 33 heavy (non-hydrogen) atoms. The summed E-state index contributed by atoms with van der Waals surface area (Å²) in [5.74, 6) is -1.89. The molecule has 0 bridgehead atoms. The Hall–Kier alpha value is -3.21. The van der Waals surface area contributed by atoms with Gasteiger partial charge in [0.2, 0.25) is 17.7 Å². The summed E-state index contributed by atoms with van der Waals surface area (Å²) in [7, 11) is 1.45. The second kappa shape index (κ2) is 10.6. The number of carbonyl (C=O) groups is 3. The Morgan fingerprint density at radius 2 is 1.79 bits per heavy atom. The average molecular weight is 462 g/mol. The first-order valence-electron chi connectivity index (χ1n) is 11.2. The molecule has 0 saturated carbocycles. The van der Waals surface area contributed by atoms with Gasteiger partial charge in [-0.2, -0.15) is 0 Å². The van der Waals surface area contributed by atoms with Gasteiger partial charge >= 0.3 is 5.69 Å². The molecule has 2 heterocycles. The van der Waals surface area contributed by atoms with E-state index in [1.807, 2.05) is 19.1 Å². The molecule has 1 saturated heterocycles. The molecule has 180 valence electrons. The highest BCUT2D eigenvalue weighted by molar-refractivity contribution is 6.06. The smallest absolute Gasteiger partial charge is 0.330 e. The SMILES string of the molecule is CCCCn1c(N)c(N(CCOC)C(=O)CCN2C(=O)[C@H]3CC=CC[C@@H]3C2=O)c(=O)[nH]c1=O. The Kier molecular flexibility index (Phi) is 7.85. The lowest BCUT2D eigenvalue weighted by Gasteiger charge is -2.25. The Labute approximate surface area is 191 Å². The highest BCUT2D eigenvalue weighted by Gasteiger charge is 2.47. The summed E-state index contributed by atoms with van der Waals surface area (Å²) in [6.07, 6.45) is 6.13. The van der Waals surface area contributed by atoms with Crippen LogP contribution in [0.25, 0.3) is 0 Å². The van der Waals surface area contributed by atoms with Gasteiger partial charge in [0.25, 0.3) is 5.56 Å². The van der Waals surface area contributed by atoms with E-state index in [4.69, 9.17) is 10.5 Å². The molecule has 3 amide bonds. The Balaban J connectivity index is 1.83. The molecule has 11 heteroatoms. The van der Waals surface area contributed by atoms with Crippen molar-refractivity contribution in [3.63, 3.8) is 0 Å². The summed E-state index contributed by atoms with van der Waals surface area (Å²) >= 11 is 0. The minimum atomic E-state index is -0.778. The number of likely N-dealkylation sites (tertiary alicyclic amines) is 1. The van der Waals surface area contributed by atoms with Crippen LogP contribution in [0.5, 0.6) is 0 Å². The summed E-state index contributed by atoms with van der Waals surface area (Å²) < 4.78 is 6.31.